The highest BCUT2D eigenvalue weighted by atomic mass is 19.2. The van der Waals surface area contributed by atoms with E-state index in [-0.39, 0.29) is 6.04 Å². The van der Waals surface area contributed by atoms with Gasteiger partial charge in [0.25, 0.3) is 0 Å². The molecule has 2 rings (SSSR count). The molecule has 17 heavy (non-hydrogen) atoms. The van der Waals surface area contributed by atoms with Gasteiger partial charge < -0.3 is 5.73 Å². The molecule has 1 aliphatic rings. The Balaban J connectivity index is 2.32. The Morgan fingerprint density at radius 1 is 1.35 bits per heavy atom. The topological polar surface area (TPSA) is 29.3 Å². The fourth-order valence-electron chi connectivity index (χ4n) is 2.56. The van der Waals surface area contributed by atoms with Gasteiger partial charge in [0.2, 0.25) is 0 Å². The Morgan fingerprint density at radius 2 is 2.06 bits per heavy atom. The molecule has 4 heteroatoms. The standard InChI is InChI=1S/C13H18F2N2/c1-8-3-4-10(13(15)12(8)14)11-5-9(6-16)7-17(11)2/h3-4,9,11H,5-7,16H2,1-2H3. The van der Waals surface area contributed by atoms with Crippen LogP contribution in [0.5, 0.6) is 0 Å². The molecule has 0 aromatic heterocycles. The number of hydrogen-bond donors (Lipinski definition) is 1. The number of nitrogens with zero attached hydrogens (tertiary/aromatic N) is 1. The molecule has 94 valence electrons. The van der Waals surface area contributed by atoms with Crippen LogP contribution in [0, 0.1) is 24.5 Å². The number of hydrogen-bond acceptors (Lipinski definition) is 2. The summed E-state index contributed by atoms with van der Waals surface area (Å²) in [7, 11) is 1.93. The molecule has 2 atom stereocenters. The highest BCUT2D eigenvalue weighted by Crippen LogP contribution is 2.35. The maximum atomic E-state index is 13.9. The average Bonchev–Trinajstić information content (AvgIpc) is 2.68. The number of halogens is 2. The second-order valence-electron chi connectivity index (χ2n) is 4.89. The predicted molar refractivity (Wildman–Crippen MR) is 63.6 cm³/mol. The van der Waals surface area contributed by atoms with Gasteiger partial charge in [0.05, 0.1) is 0 Å². The van der Waals surface area contributed by atoms with Crippen molar-refractivity contribution in [3.63, 3.8) is 0 Å². The Bertz CT molecular complexity index is 420. The zero-order valence-electron chi connectivity index (χ0n) is 10.2. The fraction of sp³-hybridized carbons (Fsp3) is 0.538. The van der Waals surface area contributed by atoms with Crippen molar-refractivity contribution in [3.05, 3.63) is 34.9 Å². The van der Waals surface area contributed by atoms with Gasteiger partial charge in [-0.05, 0) is 38.4 Å². The quantitative estimate of drug-likeness (QED) is 0.859. The summed E-state index contributed by atoms with van der Waals surface area (Å²) < 4.78 is 27.4. The molecule has 1 fully saturated rings. The molecule has 2 unspecified atom stereocenters. The van der Waals surface area contributed by atoms with E-state index in [1.165, 1.54) is 0 Å². The molecule has 0 bridgehead atoms. The van der Waals surface area contributed by atoms with Gasteiger partial charge in [0.15, 0.2) is 11.6 Å². The number of rotatable bonds is 2. The van der Waals surface area contributed by atoms with Crippen LogP contribution in [-0.4, -0.2) is 25.0 Å². The van der Waals surface area contributed by atoms with E-state index in [4.69, 9.17) is 5.73 Å². The smallest absolute Gasteiger partial charge is 0.163 e. The van der Waals surface area contributed by atoms with E-state index in [1.54, 1.807) is 19.1 Å². The third-order valence-corrected chi connectivity index (χ3v) is 3.63. The Morgan fingerprint density at radius 3 is 2.65 bits per heavy atom. The van der Waals surface area contributed by atoms with Gasteiger partial charge in [-0.3, -0.25) is 4.90 Å². The third-order valence-electron chi connectivity index (χ3n) is 3.63. The maximum absolute atomic E-state index is 13.9. The van der Waals surface area contributed by atoms with Crippen molar-refractivity contribution in [2.45, 2.75) is 19.4 Å². The first-order valence-electron chi connectivity index (χ1n) is 5.89. The molecule has 0 radical (unpaired) electrons. The van der Waals surface area contributed by atoms with E-state index in [2.05, 4.69) is 0 Å². The molecule has 1 heterocycles. The second-order valence-corrected chi connectivity index (χ2v) is 4.89. The zero-order valence-corrected chi connectivity index (χ0v) is 10.2. The minimum atomic E-state index is -0.730. The molecule has 1 aromatic carbocycles. The van der Waals surface area contributed by atoms with E-state index >= 15 is 0 Å². The lowest BCUT2D eigenvalue weighted by Crippen LogP contribution is -2.21. The van der Waals surface area contributed by atoms with Crippen LogP contribution in [0.2, 0.25) is 0 Å². The van der Waals surface area contributed by atoms with Crippen molar-refractivity contribution in [2.24, 2.45) is 11.7 Å². The van der Waals surface area contributed by atoms with E-state index in [1.807, 2.05) is 11.9 Å². The maximum Gasteiger partial charge on any atom is 0.163 e. The van der Waals surface area contributed by atoms with E-state index in [0.717, 1.165) is 13.0 Å². The molecular formula is C13H18F2N2. The summed E-state index contributed by atoms with van der Waals surface area (Å²) in [5.74, 6) is -1.07. The van der Waals surface area contributed by atoms with Crippen molar-refractivity contribution in [3.8, 4) is 0 Å². The monoisotopic (exact) mass is 240 g/mol. The molecule has 0 saturated carbocycles. The number of nitrogens with two attached hydrogens (primary N) is 1. The summed E-state index contributed by atoms with van der Waals surface area (Å²) in [5, 5.41) is 0. The number of likely N-dealkylation sites (tertiary alicyclic amines) is 1. The first kappa shape index (κ1) is 12.5. The zero-order chi connectivity index (χ0) is 12.6. The van der Waals surface area contributed by atoms with Crippen LogP contribution >= 0.6 is 0 Å². The van der Waals surface area contributed by atoms with E-state index in [0.29, 0.717) is 23.6 Å². The normalized spacial score (nSPS) is 25.5. The van der Waals surface area contributed by atoms with Crippen LogP contribution in [0.3, 0.4) is 0 Å². The van der Waals surface area contributed by atoms with Crippen molar-refractivity contribution in [1.82, 2.24) is 4.90 Å². The van der Waals surface area contributed by atoms with Crippen LogP contribution in [0.4, 0.5) is 8.78 Å². The second kappa shape index (κ2) is 4.70. The molecular weight excluding hydrogens is 222 g/mol. The Hall–Kier alpha value is -1.00. The third kappa shape index (κ3) is 2.19. The van der Waals surface area contributed by atoms with Gasteiger partial charge in [0, 0.05) is 18.2 Å². The minimum Gasteiger partial charge on any atom is -0.330 e. The summed E-state index contributed by atoms with van der Waals surface area (Å²) in [6.07, 6.45) is 0.798. The van der Waals surface area contributed by atoms with Crippen LogP contribution in [0.25, 0.3) is 0 Å². The van der Waals surface area contributed by atoms with Crippen LogP contribution in [0.15, 0.2) is 12.1 Å². The Kier molecular flexibility index (Phi) is 3.45. The van der Waals surface area contributed by atoms with Gasteiger partial charge in [-0.15, -0.1) is 0 Å². The van der Waals surface area contributed by atoms with Crippen LogP contribution < -0.4 is 5.73 Å². The molecule has 2 nitrogen and oxygen atoms in total. The van der Waals surface area contributed by atoms with Gasteiger partial charge in [0.1, 0.15) is 0 Å². The average molecular weight is 240 g/mol. The predicted octanol–water partition coefficient (Wildman–Crippen LogP) is 2.22. The molecule has 1 aromatic rings. The summed E-state index contributed by atoms with van der Waals surface area (Å²) in [6.45, 7) is 3.01. The van der Waals surface area contributed by atoms with Crippen LogP contribution in [0.1, 0.15) is 23.6 Å². The molecule has 0 spiro atoms. The van der Waals surface area contributed by atoms with Crippen molar-refractivity contribution >= 4 is 0 Å². The number of aryl methyl sites for hydroxylation is 1. The largest absolute Gasteiger partial charge is 0.330 e. The van der Waals surface area contributed by atoms with Gasteiger partial charge >= 0.3 is 0 Å². The summed E-state index contributed by atoms with van der Waals surface area (Å²) in [4.78, 5) is 2.05. The van der Waals surface area contributed by atoms with Crippen molar-refractivity contribution in [2.75, 3.05) is 20.1 Å². The molecule has 2 N–H and O–H groups in total. The van der Waals surface area contributed by atoms with Gasteiger partial charge in [-0.1, -0.05) is 12.1 Å². The minimum absolute atomic E-state index is 0.0568. The molecule has 0 aliphatic carbocycles. The SMILES string of the molecule is Cc1ccc(C2CC(CN)CN2C)c(F)c1F. The summed E-state index contributed by atoms with van der Waals surface area (Å²) in [6, 6.07) is 3.27. The summed E-state index contributed by atoms with van der Waals surface area (Å²) >= 11 is 0. The first-order chi connectivity index (χ1) is 8.04. The lowest BCUT2D eigenvalue weighted by molar-refractivity contribution is 0.303. The summed E-state index contributed by atoms with van der Waals surface area (Å²) in [5.41, 5.74) is 6.43. The van der Waals surface area contributed by atoms with Crippen molar-refractivity contribution in [1.29, 1.82) is 0 Å². The molecule has 1 saturated heterocycles. The van der Waals surface area contributed by atoms with E-state index in [9.17, 15) is 8.78 Å². The Labute approximate surface area is 100 Å². The van der Waals surface area contributed by atoms with E-state index < -0.39 is 11.6 Å². The lowest BCUT2D eigenvalue weighted by Gasteiger charge is -2.20. The number of benzene rings is 1. The van der Waals surface area contributed by atoms with Gasteiger partial charge in [-0.25, -0.2) is 8.78 Å². The molecule has 1 aliphatic heterocycles. The lowest BCUT2D eigenvalue weighted by atomic mass is 9.98. The highest BCUT2D eigenvalue weighted by Gasteiger charge is 2.32. The fourth-order valence-corrected chi connectivity index (χ4v) is 2.56. The first-order valence-corrected chi connectivity index (χ1v) is 5.89. The van der Waals surface area contributed by atoms with Gasteiger partial charge in [-0.2, -0.15) is 0 Å². The van der Waals surface area contributed by atoms with Crippen molar-refractivity contribution < 1.29 is 8.78 Å². The highest BCUT2D eigenvalue weighted by molar-refractivity contribution is 5.28. The molecule has 0 amide bonds. The van der Waals surface area contributed by atoms with Crippen LogP contribution in [-0.2, 0) is 0 Å².